The molecule has 1 aliphatic carbocycles. The van der Waals surface area contributed by atoms with Crippen molar-refractivity contribution in [2.75, 3.05) is 19.3 Å². The first-order chi connectivity index (χ1) is 10.8. The van der Waals surface area contributed by atoms with Gasteiger partial charge < -0.3 is 10.4 Å². The van der Waals surface area contributed by atoms with Crippen LogP contribution >= 0.6 is 0 Å². The molecule has 0 aromatic carbocycles. The Morgan fingerprint density at radius 1 is 1.29 bits per heavy atom. The highest BCUT2D eigenvalue weighted by molar-refractivity contribution is 7.88. The van der Waals surface area contributed by atoms with Gasteiger partial charge >= 0.3 is 5.97 Å². The van der Waals surface area contributed by atoms with E-state index in [1.807, 2.05) is 11.8 Å². The Kier molecular flexibility index (Phi) is 6.77. The van der Waals surface area contributed by atoms with Crippen LogP contribution in [0.4, 0.5) is 0 Å². The number of hydrogen-bond acceptors (Lipinski definition) is 5. The summed E-state index contributed by atoms with van der Waals surface area (Å²) >= 11 is 0. The lowest BCUT2D eigenvalue weighted by atomic mass is 9.83. The van der Waals surface area contributed by atoms with Gasteiger partial charge in [-0.25, -0.2) is 13.1 Å². The van der Waals surface area contributed by atoms with Gasteiger partial charge in [0, 0.05) is 12.1 Å². The highest BCUT2D eigenvalue weighted by Gasteiger charge is 2.39. The molecule has 1 amide bonds. The van der Waals surface area contributed by atoms with Crippen LogP contribution in [0.25, 0.3) is 0 Å². The maximum absolute atomic E-state index is 12.4. The Morgan fingerprint density at radius 3 is 2.21 bits per heavy atom. The third-order valence-corrected chi connectivity index (χ3v) is 4.84. The zero-order valence-corrected chi connectivity index (χ0v) is 15.8. The number of hydrogen-bond donors (Lipinski definition) is 3. The summed E-state index contributed by atoms with van der Waals surface area (Å²) in [5, 5.41) is 11.8. The van der Waals surface area contributed by atoms with Gasteiger partial charge in [0.2, 0.25) is 15.9 Å². The van der Waals surface area contributed by atoms with Crippen LogP contribution in [0.1, 0.15) is 40.5 Å². The second-order valence-corrected chi connectivity index (χ2v) is 9.26. The van der Waals surface area contributed by atoms with E-state index < -0.39 is 27.4 Å². The number of sulfonamides is 1. The van der Waals surface area contributed by atoms with Crippen molar-refractivity contribution in [3.05, 3.63) is 0 Å². The Labute approximate surface area is 144 Å². The minimum absolute atomic E-state index is 0.0118. The number of aliphatic carboxylic acids is 1. The Bertz CT molecular complexity index is 564. The van der Waals surface area contributed by atoms with Crippen LogP contribution < -0.4 is 10.0 Å². The van der Waals surface area contributed by atoms with E-state index in [4.69, 9.17) is 5.11 Å². The molecular formula is C15H29N3O5S. The highest BCUT2D eigenvalue weighted by atomic mass is 32.2. The van der Waals surface area contributed by atoms with Gasteiger partial charge in [-0.15, -0.1) is 0 Å². The number of rotatable bonds is 8. The molecule has 1 unspecified atom stereocenters. The Morgan fingerprint density at radius 2 is 1.83 bits per heavy atom. The standard InChI is InChI=1S/C15H29N3O5S/c1-6-18(9-12(19)20)11-7-10(8-11)16-14(21)13(15(2,3)4)17-24(5,22)23/h10-11,13,17H,6-9H2,1-5H3,(H,16,21)(H,19,20). The first-order valence-corrected chi connectivity index (χ1v) is 9.96. The molecule has 0 aromatic heterocycles. The molecule has 0 radical (unpaired) electrons. The number of amides is 1. The summed E-state index contributed by atoms with van der Waals surface area (Å²) in [6.45, 7) is 7.92. The van der Waals surface area contributed by atoms with E-state index in [0.717, 1.165) is 6.26 Å². The minimum atomic E-state index is -3.50. The van der Waals surface area contributed by atoms with E-state index in [1.165, 1.54) is 0 Å². The molecule has 0 spiro atoms. The van der Waals surface area contributed by atoms with Gasteiger partial charge in [-0.05, 0) is 24.8 Å². The summed E-state index contributed by atoms with van der Waals surface area (Å²) in [6.07, 6.45) is 2.37. The molecule has 24 heavy (non-hydrogen) atoms. The predicted octanol–water partition coefficient (Wildman–Crippen LogP) is 0.00400. The summed E-state index contributed by atoms with van der Waals surface area (Å²) in [4.78, 5) is 25.1. The van der Waals surface area contributed by atoms with Crippen LogP contribution in [-0.4, -0.2) is 67.8 Å². The van der Waals surface area contributed by atoms with Gasteiger partial charge in [0.1, 0.15) is 6.04 Å². The molecule has 3 N–H and O–H groups in total. The first kappa shape index (κ1) is 20.9. The zero-order chi connectivity index (χ0) is 18.7. The number of carbonyl (C=O) groups excluding carboxylic acids is 1. The summed E-state index contributed by atoms with van der Waals surface area (Å²) in [7, 11) is -3.50. The second kappa shape index (κ2) is 7.79. The van der Waals surface area contributed by atoms with Crippen LogP contribution in [0.3, 0.4) is 0 Å². The molecule has 0 aliphatic heterocycles. The average molecular weight is 363 g/mol. The molecule has 0 bridgehead atoms. The van der Waals surface area contributed by atoms with Crippen LogP contribution in [-0.2, 0) is 19.6 Å². The Balaban J connectivity index is 2.60. The second-order valence-electron chi connectivity index (χ2n) is 7.48. The van der Waals surface area contributed by atoms with Crippen LogP contribution in [0.5, 0.6) is 0 Å². The lowest BCUT2D eigenvalue weighted by Gasteiger charge is -2.43. The fraction of sp³-hybridized carbons (Fsp3) is 0.867. The summed E-state index contributed by atoms with van der Waals surface area (Å²) in [5.74, 6) is -1.22. The molecule has 1 fully saturated rings. The Hall–Kier alpha value is -1.19. The molecule has 0 aromatic rings. The predicted molar refractivity (Wildman–Crippen MR) is 91.1 cm³/mol. The van der Waals surface area contributed by atoms with E-state index in [-0.39, 0.29) is 24.5 Å². The average Bonchev–Trinajstić information content (AvgIpc) is 2.34. The number of carboxylic acids is 1. The van der Waals surface area contributed by atoms with Gasteiger partial charge in [-0.2, -0.15) is 0 Å². The van der Waals surface area contributed by atoms with Crippen molar-refractivity contribution in [1.29, 1.82) is 0 Å². The zero-order valence-electron chi connectivity index (χ0n) is 15.0. The van der Waals surface area contributed by atoms with Crippen molar-refractivity contribution in [2.45, 2.75) is 58.7 Å². The lowest BCUT2D eigenvalue weighted by molar-refractivity contribution is -0.140. The van der Waals surface area contributed by atoms with Crippen molar-refractivity contribution >= 4 is 21.9 Å². The minimum Gasteiger partial charge on any atom is -0.480 e. The van der Waals surface area contributed by atoms with Gasteiger partial charge in [0.05, 0.1) is 12.8 Å². The van der Waals surface area contributed by atoms with Crippen molar-refractivity contribution in [1.82, 2.24) is 14.9 Å². The van der Waals surface area contributed by atoms with E-state index >= 15 is 0 Å². The summed E-state index contributed by atoms with van der Waals surface area (Å²) in [6, 6.07) is -0.781. The van der Waals surface area contributed by atoms with Crippen LogP contribution in [0.15, 0.2) is 0 Å². The van der Waals surface area contributed by atoms with Gasteiger partial charge in [-0.1, -0.05) is 27.7 Å². The monoisotopic (exact) mass is 363 g/mol. The lowest BCUT2D eigenvalue weighted by Crippen LogP contribution is -2.60. The molecule has 8 nitrogen and oxygen atoms in total. The number of carbonyl (C=O) groups is 2. The van der Waals surface area contributed by atoms with E-state index in [9.17, 15) is 18.0 Å². The van der Waals surface area contributed by atoms with Crippen LogP contribution in [0, 0.1) is 5.41 Å². The molecule has 0 heterocycles. The largest absolute Gasteiger partial charge is 0.480 e. The fourth-order valence-electron chi connectivity index (χ4n) is 2.80. The number of nitrogens with zero attached hydrogens (tertiary/aromatic N) is 1. The van der Waals surface area contributed by atoms with Crippen molar-refractivity contribution < 1.29 is 23.1 Å². The fourth-order valence-corrected chi connectivity index (χ4v) is 3.69. The van der Waals surface area contributed by atoms with E-state index in [2.05, 4.69) is 10.0 Å². The SMILES string of the molecule is CCN(CC(=O)O)C1CC(NC(=O)C(NS(C)(=O)=O)C(C)(C)C)C1. The summed E-state index contributed by atoms with van der Waals surface area (Å²) < 4.78 is 25.4. The molecule has 0 saturated heterocycles. The number of carboxylic acid groups (broad SMARTS) is 1. The molecule has 140 valence electrons. The molecule has 1 aliphatic rings. The maximum Gasteiger partial charge on any atom is 0.317 e. The first-order valence-electron chi connectivity index (χ1n) is 8.07. The number of nitrogens with one attached hydrogen (secondary N) is 2. The normalized spacial score (nSPS) is 22.8. The molecule has 9 heteroatoms. The van der Waals surface area contributed by atoms with Crippen molar-refractivity contribution in [2.24, 2.45) is 5.41 Å². The van der Waals surface area contributed by atoms with Crippen LogP contribution in [0.2, 0.25) is 0 Å². The molecular weight excluding hydrogens is 334 g/mol. The molecule has 1 atom stereocenters. The highest BCUT2D eigenvalue weighted by Crippen LogP contribution is 2.27. The smallest absolute Gasteiger partial charge is 0.317 e. The van der Waals surface area contributed by atoms with E-state index in [1.54, 1.807) is 20.8 Å². The topological polar surface area (TPSA) is 116 Å². The molecule has 1 rings (SSSR count). The third-order valence-electron chi connectivity index (χ3n) is 4.18. The maximum atomic E-state index is 12.4. The third kappa shape index (κ3) is 6.37. The quantitative estimate of drug-likeness (QED) is 0.559. The van der Waals surface area contributed by atoms with E-state index in [0.29, 0.717) is 19.4 Å². The van der Waals surface area contributed by atoms with Gasteiger partial charge in [-0.3, -0.25) is 14.5 Å². The number of likely N-dealkylation sites (N-methyl/N-ethyl adjacent to an activating group) is 1. The summed E-state index contributed by atoms with van der Waals surface area (Å²) in [5.41, 5.74) is -0.560. The van der Waals surface area contributed by atoms with Gasteiger partial charge in [0.25, 0.3) is 0 Å². The molecule has 1 saturated carbocycles. The van der Waals surface area contributed by atoms with Crippen molar-refractivity contribution in [3.63, 3.8) is 0 Å². The van der Waals surface area contributed by atoms with Gasteiger partial charge in [0.15, 0.2) is 0 Å². The van der Waals surface area contributed by atoms with Crippen molar-refractivity contribution in [3.8, 4) is 0 Å².